The lowest BCUT2D eigenvalue weighted by atomic mass is 9.91. The van der Waals surface area contributed by atoms with Crippen molar-refractivity contribution in [2.24, 2.45) is 0 Å². The van der Waals surface area contributed by atoms with Gasteiger partial charge in [0.15, 0.2) is 4.87 Å². The SMILES string of the molecule is COc1cc2c(cc1Cl)C(Cl)(c1ccccc1Cl)C(=O)N2. The fraction of sp³-hybridized carbons (Fsp3) is 0.133. The third kappa shape index (κ3) is 2.08. The molecule has 0 bridgehead atoms. The summed E-state index contributed by atoms with van der Waals surface area (Å²) in [6.07, 6.45) is 0. The Bertz CT molecular complexity index is 748. The molecule has 2 aromatic carbocycles. The number of nitrogens with one attached hydrogen (secondary N) is 1. The molecule has 3 nitrogen and oxygen atoms in total. The van der Waals surface area contributed by atoms with E-state index in [1.54, 1.807) is 36.4 Å². The highest BCUT2D eigenvalue weighted by molar-refractivity contribution is 6.43. The minimum absolute atomic E-state index is 0.364. The van der Waals surface area contributed by atoms with Crippen LogP contribution >= 0.6 is 34.8 Å². The second kappa shape index (κ2) is 5.09. The molecule has 2 aromatic rings. The molecular weight excluding hydrogens is 333 g/mol. The van der Waals surface area contributed by atoms with Crippen LogP contribution in [0.25, 0.3) is 0 Å². The number of hydrogen-bond donors (Lipinski definition) is 1. The van der Waals surface area contributed by atoms with Gasteiger partial charge >= 0.3 is 0 Å². The number of anilines is 1. The van der Waals surface area contributed by atoms with Gasteiger partial charge in [0, 0.05) is 22.2 Å². The summed E-state index contributed by atoms with van der Waals surface area (Å²) in [4.78, 5) is 11.0. The molecule has 0 spiro atoms. The molecule has 0 saturated heterocycles. The fourth-order valence-electron chi connectivity index (χ4n) is 2.44. The minimum atomic E-state index is -1.40. The molecule has 21 heavy (non-hydrogen) atoms. The predicted molar refractivity (Wildman–Crippen MR) is 84.7 cm³/mol. The Morgan fingerprint density at radius 3 is 2.48 bits per heavy atom. The number of halogens is 3. The highest BCUT2D eigenvalue weighted by atomic mass is 35.5. The van der Waals surface area contributed by atoms with Crippen LogP contribution in [-0.2, 0) is 9.67 Å². The van der Waals surface area contributed by atoms with Gasteiger partial charge in [-0.1, -0.05) is 53.0 Å². The Morgan fingerprint density at radius 2 is 1.81 bits per heavy atom. The quantitative estimate of drug-likeness (QED) is 0.820. The van der Waals surface area contributed by atoms with Crippen molar-refractivity contribution >= 4 is 46.4 Å². The van der Waals surface area contributed by atoms with Crippen molar-refractivity contribution < 1.29 is 9.53 Å². The van der Waals surface area contributed by atoms with Crippen LogP contribution in [0.5, 0.6) is 5.75 Å². The van der Waals surface area contributed by atoms with Crippen molar-refractivity contribution in [2.45, 2.75) is 4.87 Å². The van der Waals surface area contributed by atoms with Crippen LogP contribution in [0.2, 0.25) is 10.0 Å². The van der Waals surface area contributed by atoms with Gasteiger partial charge in [0.25, 0.3) is 5.91 Å². The molecule has 3 rings (SSSR count). The van der Waals surface area contributed by atoms with E-state index >= 15 is 0 Å². The Labute approximate surface area is 136 Å². The molecule has 1 aliphatic rings. The van der Waals surface area contributed by atoms with Gasteiger partial charge in [-0.15, -0.1) is 0 Å². The summed E-state index contributed by atoms with van der Waals surface area (Å²) in [7, 11) is 1.51. The van der Waals surface area contributed by atoms with Gasteiger partial charge in [0.1, 0.15) is 5.75 Å². The average molecular weight is 343 g/mol. The molecular formula is C15H10Cl3NO2. The number of methoxy groups -OCH3 is 1. The molecule has 1 heterocycles. The number of amides is 1. The zero-order valence-electron chi connectivity index (χ0n) is 10.9. The Hall–Kier alpha value is -1.42. The highest BCUT2D eigenvalue weighted by Crippen LogP contribution is 2.50. The van der Waals surface area contributed by atoms with Crippen molar-refractivity contribution in [1.29, 1.82) is 0 Å². The van der Waals surface area contributed by atoms with Gasteiger partial charge in [-0.3, -0.25) is 4.79 Å². The Morgan fingerprint density at radius 1 is 1.10 bits per heavy atom. The van der Waals surface area contributed by atoms with E-state index in [2.05, 4.69) is 5.32 Å². The predicted octanol–water partition coefficient (Wildman–Crippen LogP) is 4.44. The van der Waals surface area contributed by atoms with Gasteiger partial charge in [-0.25, -0.2) is 0 Å². The Kier molecular flexibility index (Phi) is 3.52. The molecule has 6 heteroatoms. The van der Waals surface area contributed by atoms with Gasteiger partial charge < -0.3 is 10.1 Å². The second-order valence-corrected chi connectivity index (χ2v) is 6.01. The molecule has 0 saturated carbocycles. The number of alkyl halides is 1. The molecule has 1 atom stereocenters. The zero-order valence-corrected chi connectivity index (χ0v) is 13.2. The summed E-state index contributed by atoms with van der Waals surface area (Å²) in [6.45, 7) is 0. The summed E-state index contributed by atoms with van der Waals surface area (Å²) in [5.74, 6) is 0.104. The molecule has 0 aliphatic carbocycles. The van der Waals surface area contributed by atoms with Crippen molar-refractivity contribution in [2.75, 3.05) is 12.4 Å². The number of rotatable bonds is 2. The van der Waals surface area contributed by atoms with Crippen molar-refractivity contribution in [3.8, 4) is 5.75 Å². The van der Waals surface area contributed by atoms with Gasteiger partial charge in [-0.05, 0) is 12.1 Å². The maximum absolute atomic E-state index is 12.4. The fourth-order valence-corrected chi connectivity index (χ4v) is 3.37. The molecule has 108 valence electrons. The van der Waals surface area contributed by atoms with E-state index in [-0.39, 0.29) is 5.91 Å². The third-order valence-corrected chi connectivity index (χ3v) is 4.67. The van der Waals surface area contributed by atoms with Crippen LogP contribution in [0.1, 0.15) is 11.1 Å². The lowest BCUT2D eigenvalue weighted by Crippen LogP contribution is -2.29. The maximum atomic E-state index is 12.4. The first-order valence-corrected chi connectivity index (χ1v) is 7.25. The lowest BCUT2D eigenvalue weighted by molar-refractivity contribution is -0.117. The van der Waals surface area contributed by atoms with Crippen molar-refractivity contribution in [3.05, 3.63) is 57.6 Å². The van der Waals surface area contributed by atoms with E-state index < -0.39 is 4.87 Å². The van der Waals surface area contributed by atoms with Crippen LogP contribution in [0, 0.1) is 0 Å². The first kappa shape index (κ1) is 14.5. The number of ether oxygens (including phenoxy) is 1. The first-order valence-electron chi connectivity index (χ1n) is 6.12. The van der Waals surface area contributed by atoms with E-state index in [9.17, 15) is 4.79 Å². The van der Waals surface area contributed by atoms with Crippen LogP contribution in [0.3, 0.4) is 0 Å². The summed E-state index contributed by atoms with van der Waals surface area (Å²) in [6, 6.07) is 10.3. The molecule has 1 amide bonds. The minimum Gasteiger partial charge on any atom is -0.495 e. The van der Waals surface area contributed by atoms with Crippen LogP contribution in [-0.4, -0.2) is 13.0 Å². The van der Waals surface area contributed by atoms with Gasteiger partial charge in [0.05, 0.1) is 17.8 Å². The summed E-state index contributed by atoms with van der Waals surface area (Å²) in [5, 5.41) is 3.55. The normalized spacial score (nSPS) is 20.1. The van der Waals surface area contributed by atoms with Crippen molar-refractivity contribution in [1.82, 2.24) is 0 Å². The monoisotopic (exact) mass is 341 g/mol. The van der Waals surface area contributed by atoms with Crippen LogP contribution < -0.4 is 10.1 Å². The van der Waals surface area contributed by atoms with Crippen LogP contribution in [0.15, 0.2) is 36.4 Å². The summed E-state index contributed by atoms with van der Waals surface area (Å²) in [5.41, 5.74) is 1.65. The number of fused-ring (bicyclic) bond motifs is 1. The second-order valence-electron chi connectivity index (χ2n) is 4.62. The van der Waals surface area contributed by atoms with Crippen molar-refractivity contribution in [3.63, 3.8) is 0 Å². The number of carbonyl (C=O) groups excluding carboxylic acids is 1. The smallest absolute Gasteiger partial charge is 0.254 e. The van der Waals surface area contributed by atoms with Gasteiger partial charge in [0.2, 0.25) is 0 Å². The Balaban J connectivity index is 2.26. The standard InChI is InChI=1S/C15H10Cl3NO2/c1-21-13-7-12-9(6-11(13)17)15(18,14(20)19-12)8-4-2-3-5-10(8)16/h2-7H,1H3,(H,19,20). The van der Waals surface area contributed by atoms with E-state index in [1.807, 2.05) is 0 Å². The van der Waals surface area contributed by atoms with E-state index in [0.717, 1.165) is 0 Å². The van der Waals surface area contributed by atoms with E-state index in [1.165, 1.54) is 7.11 Å². The van der Waals surface area contributed by atoms with E-state index in [0.29, 0.717) is 32.6 Å². The van der Waals surface area contributed by atoms with E-state index in [4.69, 9.17) is 39.5 Å². The molecule has 0 fully saturated rings. The number of carbonyl (C=O) groups is 1. The molecule has 1 unspecified atom stereocenters. The summed E-state index contributed by atoms with van der Waals surface area (Å²) >= 11 is 19.0. The third-order valence-electron chi connectivity index (χ3n) is 3.47. The molecule has 1 aliphatic heterocycles. The topological polar surface area (TPSA) is 38.3 Å². The zero-order chi connectivity index (χ0) is 15.2. The van der Waals surface area contributed by atoms with Gasteiger partial charge in [-0.2, -0.15) is 0 Å². The maximum Gasteiger partial charge on any atom is 0.254 e. The van der Waals surface area contributed by atoms with Crippen LogP contribution in [0.4, 0.5) is 5.69 Å². The first-order chi connectivity index (χ1) is 9.98. The number of benzene rings is 2. The average Bonchev–Trinajstić information content (AvgIpc) is 2.71. The lowest BCUT2D eigenvalue weighted by Gasteiger charge is -2.21. The molecule has 1 N–H and O–H groups in total. The highest BCUT2D eigenvalue weighted by Gasteiger charge is 2.48. The largest absolute Gasteiger partial charge is 0.495 e. The molecule has 0 aromatic heterocycles. The molecule has 0 radical (unpaired) electrons. The summed E-state index contributed by atoms with van der Waals surface area (Å²) < 4.78 is 5.15. The number of hydrogen-bond acceptors (Lipinski definition) is 2.